The molecule has 0 fully saturated rings. The van der Waals surface area contributed by atoms with Crippen LogP contribution in [-0.2, 0) is 16.2 Å². The maximum atomic E-state index is 12.6. The van der Waals surface area contributed by atoms with Crippen LogP contribution < -0.4 is 14.8 Å². The molecule has 4 aromatic rings. The maximum Gasteiger partial charge on any atom is 0.270 e. The first-order chi connectivity index (χ1) is 16.7. The van der Waals surface area contributed by atoms with Gasteiger partial charge in [-0.15, -0.1) is 16.4 Å². The van der Waals surface area contributed by atoms with E-state index in [0.717, 1.165) is 10.4 Å². The lowest BCUT2D eigenvalue weighted by atomic mass is 10.1. The molecule has 0 aliphatic carbocycles. The second kappa shape index (κ2) is 9.98. The minimum atomic E-state index is -0.758. The van der Waals surface area contributed by atoms with E-state index in [9.17, 15) is 4.79 Å². The van der Waals surface area contributed by atoms with E-state index in [1.54, 1.807) is 17.5 Å². The summed E-state index contributed by atoms with van der Waals surface area (Å²) in [5.74, 6) is 0.839. The second-order valence-corrected chi connectivity index (χ2v) is 9.07. The van der Waals surface area contributed by atoms with Gasteiger partial charge < -0.3 is 14.3 Å². The molecular weight excluding hydrogens is 474 g/mol. The molecule has 3 heterocycles. The molecule has 0 bridgehead atoms. The molecular formula is C23H19N5O4S2. The second-order valence-electron chi connectivity index (χ2n) is 7.25. The van der Waals surface area contributed by atoms with Gasteiger partial charge in [-0.3, -0.25) is 10.1 Å². The SMILES string of the molecule is Cc1snnc1/C(=N\OCc1csc(NC(=O)C2COc3ccccc3O2)n1)c1ccccc1. The van der Waals surface area contributed by atoms with Gasteiger partial charge in [0, 0.05) is 10.9 Å². The molecule has 1 aliphatic heterocycles. The summed E-state index contributed by atoms with van der Waals surface area (Å²) in [7, 11) is 0. The summed E-state index contributed by atoms with van der Waals surface area (Å²) in [6, 6.07) is 16.9. The number of carbonyl (C=O) groups is 1. The first-order valence-electron chi connectivity index (χ1n) is 10.4. The molecule has 0 saturated carbocycles. The first kappa shape index (κ1) is 22.0. The number of aryl methyl sites for hydroxylation is 1. The number of rotatable bonds is 7. The van der Waals surface area contributed by atoms with Crippen molar-refractivity contribution in [1.82, 2.24) is 14.6 Å². The van der Waals surface area contributed by atoms with Gasteiger partial charge in [-0.25, -0.2) is 4.98 Å². The fraction of sp³-hybridized carbons (Fsp3) is 0.174. The van der Waals surface area contributed by atoms with Gasteiger partial charge >= 0.3 is 0 Å². The Bertz CT molecular complexity index is 1320. The molecule has 172 valence electrons. The third-order valence-corrected chi connectivity index (χ3v) is 6.31. The highest BCUT2D eigenvalue weighted by atomic mass is 32.1. The molecule has 9 nitrogen and oxygen atoms in total. The number of thiazole rings is 1. The van der Waals surface area contributed by atoms with E-state index in [1.165, 1.54) is 22.9 Å². The van der Waals surface area contributed by atoms with Crippen molar-refractivity contribution in [2.75, 3.05) is 11.9 Å². The van der Waals surface area contributed by atoms with Crippen molar-refractivity contribution in [3.8, 4) is 11.5 Å². The van der Waals surface area contributed by atoms with Crippen LogP contribution in [-0.4, -0.2) is 38.9 Å². The highest BCUT2D eigenvalue weighted by molar-refractivity contribution is 7.13. The van der Waals surface area contributed by atoms with Crippen LogP contribution in [0.25, 0.3) is 0 Å². The molecule has 0 spiro atoms. The van der Waals surface area contributed by atoms with E-state index in [2.05, 4.69) is 25.0 Å². The molecule has 1 amide bonds. The van der Waals surface area contributed by atoms with Gasteiger partial charge in [0.15, 0.2) is 23.2 Å². The quantitative estimate of drug-likeness (QED) is 0.306. The Kier molecular flexibility index (Phi) is 6.45. The topological polar surface area (TPSA) is 108 Å². The van der Waals surface area contributed by atoms with Crippen LogP contribution >= 0.6 is 22.9 Å². The van der Waals surface area contributed by atoms with Crippen molar-refractivity contribution in [3.63, 3.8) is 0 Å². The number of aromatic nitrogens is 3. The number of hydrogen-bond acceptors (Lipinski definition) is 10. The lowest BCUT2D eigenvalue weighted by Crippen LogP contribution is -2.40. The normalized spacial score (nSPS) is 15.1. The lowest BCUT2D eigenvalue weighted by Gasteiger charge is -2.25. The fourth-order valence-electron chi connectivity index (χ4n) is 3.21. The third kappa shape index (κ3) is 4.90. The predicted molar refractivity (Wildman–Crippen MR) is 129 cm³/mol. The summed E-state index contributed by atoms with van der Waals surface area (Å²) in [5, 5.41) is 13.5. The number of hydrogen-bond donors (Lipinski definition) is 1. The summed E-state index contributed by atoms with van der Waals surface area (Å²) < 4.78 is 15.3. The number of nitrogens with zero attached hydrogens (tertiary/aromatic N) is 4. The van der Waals surface area contributed by atoms with E-state index in [4.69, 9.17) is 14.3 Å². The summed E-state index contributed by atoms with van der Waals surface area (Å²) in [6.07, 6.45) is -0.758. The fourth-order valence-corrected chi connectivity index (χ4v) is 4.37. The van der Waals surface area contributed by atoms with E-state index in [1.807, 2.05) is 49.4 Å². The van der Waals surface area contributed by atoms with Crippen LogP contribution in [0.15, 0.2) is 65.1 Å². The predicted octanol–water partition coefficient (Wildman–Crippen LogP) is 4.05. The van der Waals surface area contributed by atoms with Gasteiger partial charge in [0.2, 0.25) is 6.10 Å². The number of para-hydroxylation sites is 2. The zero-order valence-electron chi connectivity index (χ0n) is 18.0. The van der Waals surface area contributed by atoms with E-state index >= 15 is 0 Å². The van der Waals surface area contributed by atoms with Crippen molar-refractivity contribution < 1.29 is 19.1 Å². The molecule has 1 atom stereocenters. The van der Waals surface area contributed by atoms with Gasteiger partial charge in [0.05, 0.1) is 10.6 Å². The monoisotopic (exact) mass is 493 g/mol. The Hall–Kier alpha value is -3.83. The number of nitrogens with one attached hydrogen (secondary N) is 1. The Morgan fingerprint density at radius 1 is 1.18 bits per heavy atom. The van der Waals surface area contributed by atoms with Crippen LogP contribution in [0.4, 0.5) is 5.13 Å². The lowest BCUT2D eigenvalue weighted by molar-refractivity contribution is -0.125. The number of fused-ring (bicyclic) bond motifs is 1. The molecule has 1 unspecified atom stereocenters. The van der Waals surface area contributed by atoms with E-state index in [-0.39, 0.29) is 19.1 Å². The summed E-state index contributed by atoms with van der Waals surface area (Å²) in [5.41, 5.74) is 2.79. The van der Waals surface area contributed by atoms with Gasteiger partial charge in [0.25, 0.3) is 5.91 Å². The molecule has 0 radical (unpaired) electrons. The van der Waals surface area contributed by atoms with Crippen molar-refractivity contribution in [2.45, 2.75) is 19.6 Å². The first-order valence-corrected chi connectivity index (χ1v) is 12.0. The van der Waals surface area contributed by atoms with Crippen molar-refractivity contribution in [2.24, 2.45) is 5.16 Å². The average molecular weight is 494 g/mol. The van der Waals surface area contributed by atoms with Gasteiger partial charge in [-0.1, -0.05) is 52.1 Å². The number of ether oxygens (including phenoxy) is 2. The van der Waals surface area contributed by atoms with Crippen LogP contribution in [0.2, 0.25) is 0 Å². The highest BCUT2D eigenvalue weighted by Gasteiger charge is 2.28. The number of amides is 1. The number of anilines is 1. The van der Waals surface area contributed by atoms with Crippen LogP contribution in [0.1, 0.15) is 21.8 Å². The van der Waals surface area contributed by atoms with Crippen molar-refractivity contribution >= 4 is 39.6 Å². The standard InChI is InChI=1S/C23H19N5O4S2/c1-14-20(26-28-34-14)21(15-7-3-2-4-8-15)27-31-11-16-13-33-23(24-16)25-22(29)19-12-30-17-9-5-6-10-18(17)32-19/h2-10,13,19H,11-12H2,1H3,(H,24,25,29)/b27-21-. The minimum absolute atomic E-state index is 0.131. The van der Waals surface area contributed by atoms with Gasteiger partial charge in [-0.05, 0) is 30.6 Å². The Balaban J connectivity index is 1.22. The Morgan fingerprint density at radius 3 is 2.76 bits per heavy atom. The molecule has 0 saturated heterocycles. The van der Waals surface area contributed by atoms with Gasteiger partial charge in [0.1, 0.15) is 18.0 Å². The smallest absolute Gasteiger partial charge is 0.270 e. The number of carbonyl (C=O) groups excluding carboxylic acids is 1. The summed E-state index contributed by atoms with van der Waals surface area (Å²) >= 11 is 2.60. The van der Waals surface area contributed by atoms with Crippen molar-refractivity contribution in [3.05, 3.63) is 81.8 Å². The summed E-state index contributed by atoms with van der Waals surface area (Å²) in [6.45, 7) is 2.20. The molecule has 2 aromatic carbocycles. The molecule has 5 rings (SSSR count). The Morgan fingerprint density at radius 2 is 1.97 bits per heavy atom. The third-order valence-electron chi connectivity index (χ3n) is 4.87. The maximum absolute atomic E-state index is 12.6. The molecule has 11 heteroatoms. The van der Waals surface area contributed by atoms with Crippen LogP contribution in [0.3, 0.4) is 0 Å². The largest absolute Gasteiger partial charge is 0.485 e. The molecule has 1 aliphatic rings. The zero-order chi connectivity index (χ0) is 23.3. The van der Waals surface area contributed by atoms with Gasteiger partial charge in [-0.2, -0.15) is 0 Å². The minimum Gasteiger partial charge on any atom is -0.485 e. The summed E-state index contributed by atoms with van der Waals surface area (Å²) in [4.78, 5) is 23.6. The van der Waals surface area contributed by atoms with E-state index < -0.39 is 6.10 Å². The molecule has 1 N–H and O–H groups in total. The highest BCUT2D eigenvalue weighted by Crippen LogP contribution is 2.31. The zero-order valence-corrected chi connectivity index (χ0v) is 19.6. The Labute approximate surface area is 203 Å². The molecule has 2 aromatic heterocycles. The molecule has 34 heavy (non-hydrogen) atoms. The van der Waals surface area contributed by atoms with E-state index in [0.29, 0.717) is 33.7 Å². The number of benzene rings is 2. The van der Waals surface area contributed by atoms with Crippen LogP contribution in [0.5, 0.6) is 11.5 Å². The van der Waals surface area contributed by atoms with Crippen molar-refractivity contribution in [1.29, 1.82) is 0 Å². The van der Waals surface area contributed by atoms with Crippen LogP contribution in [0, 0.1) is 6.92 Å². The average Bonchev–Trinajstić information content (AvgIpc) is 3.50. The number of oxime groups is 1.